The maximum absolute atomic E-state index is 12.4. The van der Waals surface area contributed by atoms with Crippen molar-refractivity contribution < 1.29 is 14.7 Å². The quantitative estimate of drug-likeness (QED) is 0.702. The van der Waals surface area contributed by atoms with Gasteiger partial charge in [0.2, 0.25) is 5.91 Å². The number of hydrogen-bond acceptors (Lipinski definition) is 6. The van der Waals surface area contributed by atoms with E-state index in [2.05, 4.69) is 15.3 Å². The number of fused-ring (bicyclic) bond motifs is 3. The predicted octanol–water partition coefficient (Wildman–Crippen LogP) is 1.69. The molecule has 7 nitrogen and oxygen atoms in total. The molecule has 3 N–H and O–H groups in total. The van der Waals surface area contributed by atoms with E-state index in [4.69, 9.17) is 5.11 Å². The molecule has 0 bridgehead atoms. The maximum atomic E-state index is 12.4. The number of carboxylic acids is 1. The van der Waals surface area contributed by atoms with Gasteiger partial charge in [0.1, 0.15) is 16.7 Å². The molecule has 1 atom stereocenters. The third-order valence-corrected chi connectivity index (χ3v) is 6.22. The first-order valence-electron chi connectivity index (χ1n) is 8.09. The molecule has 0 radical (unpaired) electrons. The summed E-state index contributed by atoms with van der Waals surface area (Å²) in [7, 11) is 0. The molecule has 0 unspecified atom stereocenters. The fraction of sp³-hybridized carbons (Fsp3) is 0.500. The van der Waals surface area contributed by atoms with Gasteiger partial charge in [-0.2, -0.15) is 0 Å². The minimum Gasteiger partial charge on any atom is -0.480 e. The monoisotopic (exact) mass is 381 g/mol. The summed E-state index contributed by atoms with van der Waals surface area (Å²) in [4.78, 5) is 44.2. The number of H-pyrrole nitrogens is 1. The Hall–Kier alpha value is -1.87. The van der Waals surface area contributed by atoms with Gasteiger partial charge in [0, 0.05) is 4.88 Å². The average Bonchev–Trinajstić information content (AvgIpc) is 2.93. The molecule has 0 aromatic carbocycles. The largest absolute Gasteiger partial charge is 0.480 e. The van der Waals surface area contributed by atoms with Crippen LogP contribution in [-0.4, -0.2) is 38.7 Å². The number of carbonyl (C=O) groups excluding carboxylic acids is 1. The van der Waals surface area contributed by atoms with Crippen molar-refractivity contribution in [2.45, 2.75) is 44.4 Å². The number of amides is 1. The van der Waals surface area contributed by atoms with Gasteiger partial charge in [-0.1, -0.05) is 0 Å². The zero-order valence-electron chi connectivity index (χ0n) is 13.8. The van der Waals surface area contributed by atoms with Crippen molar-refractivity contribution in [2.24, 2.45) is 0 Å². The number of aromatic nitrogens is 2. The van der Waals surface area contributed by atoms with E-state index >= 15 is 0 Å². The highest BCUT2D eigenvalue weighted by Gasteiger charge is 2.20. The Kier molecular flexibility index (Phi) is 5.43. The van der Waals surface area contributed by atoms with E-state index in [1.807, 2.05) is 0 Å². The van der Waals surface area contributed by atoms with Crippen molar-refractivity contribution in [1.29, 1.82) is 0 Å². The van der Waals surface area contributed by atoms with Gasteiger partial charge in [-0.05, 0) is 38.2 Å². The van der Waals surface area contributed by atoms with Crippen LogP contribution in [0.4, 0.5) is 0 Å². The first-order valence-corrected chi connectivity index (χ1v) is 10.1. The molecule has 25 heavy (non-hydrogen) atoms. The molecular formula is C16H19N3O4S2. The number of nitrogens with zero attached hydrogens (tertiary/aromatic N) is 1. The summed E-state index contributed by atoms with van der Waals surface area (Å²) in [5.74, 6) is -0.380. The lowest BCUT2D eigenvalue weighted by Crippen LogP contribution is -2.39. The van der Waals surface area contributed by atoms with Crippen LogP contribution in [0.2, 0.25) is 0 Å². The van der Waals surface area contributed by atoms with Gasteiger partial charge in [-0.3, -0.25) is 14.4 Å². The summed E-state index contributed by atoms with van der Waals surface area (Å²) in [5.41, 5.74) is 1.05. The molecule has 2 aromatic rings. The lowest BCUT2D eigenvalue weighted by molar-refractivity contribution is -0.140. The number of thioether (sulfide) groups is 1. The number of carbonyl (C=O) groups is 2. The zero-order valence-corrected chi connectivity index (χ0v) is 15.4. The molecule has 1 aliphatic rings. The summed E-state index contributed by atoms with van der Waals surface area (Å²) in [6.07, 6.45) is 4.22. The third kappa shape index (κ3) is 4.04. The number of aromatic amines is 1. The number of nitrogens with one attached hydrogen (secondary N) is 2. The number of carboxylic acid groups (broad SMARTS) is 1. The number of aliphatic carboxylic acids is 1. The Labute approximate surface area is 152 Å². The lowest BCUT2D eigenvalue weighted by Gasteiger charge is -2.09. The van der Waals surface area contributed by atoms with Crippen LogP contribution in [-0.2, 0) is 28.2 Å². The number of thiophene rings is 1. The first-order chi connectivity index (χ1) is 12.0. The van der Waals surface area contributed by atoms with Crippen LogP contribution < -0.4 is 10.9 Å². The second-order valence-corrected chi connectivity index (χ2v) is 8.09. The van der Waals surface area contributed by atoms with Crippen LogP contribution in [0, 0.1) is 0 Å². The lowest BCUT2D eigenvalue weighted by atomic mass is 9.97. The van der Waals surface area contributed by atoms with Gasteiger partial charge in [0.05, 0.1) is 16.9 Å². The molecular weight excluding hydrogens is 362 g/mol. The van der Waals surface area contributed by atoms with Gasteiger partial charge in [-0.15, -0.1) is 23.1 Å². The Balaban J connectivity index is 1.66. The summed E-state index contributed by atoms with van der Waals surface area (Å²) in [6, 6.07) is -0.917. The third-order valence-electron chi connectivity index (χ3n) is 4.09. The summed E-state index contributed by atoms with van der Waals surface area (Å²) in [6.45, 7) is 1.41. The van der Waals surface area contributed by atoms with Crippen LogP contribution in [0.3, 0.4) is 0 Å². The Morgan fingerprint density at radius 2 is 2.16 bits per heavy atom. The van der Waals surface area contributed by atoms with Gasteiger partial charge >= 0.3 is 5.97 Å². The minimum absolute atomic E-state index is 0.107. The highest BCUT2D eigenvalue weighted by atomic mass is 32.2. The van der Waals surface area contributed by atoms with E-state index in [-0.39, 0.29) is 17.2 Å². The fourth-order valence-corrected chi connectivity index (χ4v) is 4.84. The molecule has 1 amide bonds. The molecule has 0 saturated carbocycles. The Morgan fingerprint density at radius 3 is 2.92 bits per heavy atom. The normalized spacial score (nSPS) is 14.9. The van der Waals surface area contributed by atoms with Crippen molar-refractivity contribution >= 4 is 45.2 Å². The molecule has 0 aliphatic heterocycles. The molecule has 1 aliphatic carbocycles. The first kappa shape index (κ1) is 17.9. The SMILES string of the molecule is C[C@@H](NC(=O)CSCc1nc2sc3c(c2c(=O)[nH]1)CCCC3)C(=O)O. The van der Waals surface area contributed by atoms with Crippen LogP contribution in [0.1, 0.15) is 36.0 Å². The second kappa shape index (κ2) is 7.57. The highest BCUT2D eigenvalue weighted by Crippen LogP contribution is 2.33. The number of rotatable bonds is 6. The average molecular weight is 381 g/mol. The van der Waals surface area contributed by atoms with Crippen LogP contribution in [0.25, 0.3) is 10.2 Å². The molecule has 134 valence electrons. The number of hydrogen-bond donors (Lipinski definition) is 3. The highest BCUT2D eigenvalue weighted by molar-refractivity contribution is 7.99. The Morgan fingerprint density at radius 1 is 1.40 bits per heavy atom. The summed E-state index contributed by atoms with van der Waals surface area (Å²) in [5, 5.41) is 11.9. The van der Waals surface area contributed by atoms with Crippen molar-refractivity contribution in [3.63, 3.8) is 0 Å². The van der Waals surface area contributed by atoms with E-state index in [0.29, 0.717) is 11.6 Å². The number of aryl methyl sites for hydroxylation is 2. The van der Waals surface area contributed by atoms with Gasteiger partial charge in [-0.25, -0.2) is 4.98 Å². The van der Waals surface area contributed by atoms with Crippen LogP contribution >= 0.6 is 23.1 Å². The molecule has 0 saturated heterocycles. The molecule has 3 rings (SSSR count). The van der Waals surface area contributed by atoms with Crippen molar-refractivity contribution in [3.05, 3.63) is 26.6 Å². The summed E-state index contributed by atoms with van der Waals surface area (Å²) < 4.78 is 0. The topological polar surface area (TPSA) is 112 Å². The van der Waals surface area contributed by atoms with Crippen molar-refractivity contribution in [2.75, 3.05) is 5.75 Å². The van der Waals surface area contributed by atoms with Crippen LogP contribution in [0.15, 0.2) is 4.79 Å². The van der Waals surface area contributed by atoms with Crippen molar-refractivity contribution in [3.8, 4) is 0 Å². The maximum Gasteiger partial charge on any atom is 0.325 e. The fourth-order valence-electron chi connectivity index (χ4n) is 2.86. The van der Waals surface area contributed by atoms with E-state index in [9.17, 15) is 14.4 Å². The second-order valence-electron chi connectivity index (χ2n) is 6.02. The van der Waals surface area contributed by atoms with Crippen LogP contribution in [0.5, 0.6) is 0 Å². The van der Waals surface area contributed by atoms with E-state index < -0.39 is 12.0 Å². The van der Waals surface area contributed by atoms with E-state index in [1.165, 1.54) is 23.6 Å². The molecule has 2 aromatic heterocycles. The molecule has 2 heterocycles. The smallest absolute Gasteiger partial charge is 0.325 e. The zero-order chi connectivity index (χ0) is 18.0. The van der Waals surface area contributed by atoms with E-state index in [1.54, 1.807) is 11.3 Å². The molecule has 0 spiro atoms. The van der Waals surface area contributed by atoms with Crippen molar-refractivity contribution in [1.82, 2.24) is 15.3 Å². The minimum atomic E-state index is -1.07. The standard InChI is InChI=1S/C16H19N3O4S2/c1-8(16(22)23)17-12(20)7-24-6-11-18-14(21)13-9-4-2-3-5-10(9)25-15(13)19-11/h8H,2-7H2,1H3,(H,17,20)(H,22,23)(H,18,19,21)/t8-/m1/s1. The predicted molar refractivity (Wildman–Crippen MR) is 98.3 cm³/mol. The Bertz CT molecular complexity index is 874. The summed E-state index contributed by atoms with van der Waals surface area (Å²) >= 11 is 2.88. The molecule has 0 fully saturated rings. The van der Waals surface area contributed by atoms with E-state index in [0.717, 1.165) is 41.5 Å². The van der Waals surface area contributed by atoms with Gasteiger partial charge in [0.15, 0.2) is 0 Å². The molecule has 9 heteroatoms. The van der Waals surface area contributed by atoms with Gasteiger partial charge in [0.25, 0.3) is 5.56 Å². The van der Waals surface area contributed by atoms with Gasteiger partial charge < -0.3 is 15.4 Å².